The highest BCUT2D eigenvalue weighted by Gasteiger charge is 2.06. The molecule has 0 aliphatic rings. The molecule has 2 aromatic carbocycles. The van der Waals surface area contributed by atoms with Crippen molar-refractivity contribution in [3.05, 3.63) is 66.1 Å². The molecule has 6 nitrogen and oxygen atoms in total. The molecule has 0 saturated heterocycles. The third kappa shape index (κ3) is 5.95. The molecule has 3 rings (SSSR count). The molecule has 1 amide bonds. The monoisotopic (exact) mass is 495 g/mol. The number of anilines is 1. The Balaban J connectivity index is 0.00000280. The van der Waals surface area contributed by atoms with Crippen LogP contribution in [0.2, 0.25) is 0 Å². The van der Waals surface area contributed by atoms with Gasteiger partial charge in [0.05, 0.1) is 6.54 Å². The molecule has 0 unspecified atom stereocenters. The van der Waals surface area contributed by atoms with Gasteiger partial charge in [0, 0.05) is 36.4 Å². The first-order chi connectivity index (χ1) is 13.2. The molecule has 1 heterocycles. The lowest BCUT2D eigenvalue weighted by Gasteiger charge is -2.12. The maximum Gasteiger partial charge on any atom is 0.243 e. The molecular weight excluding hydrogens is 472 g/mol. The fraction of sp³-hybridized carbons (Fsp3) is 0.200. The molecule has 0 fully saturated rings. The molecule has 8 heteroatoms. The number of nitrogens with one attached hydrogen (secondary N) is 4. The van der Waals surface area contributed by atoms with E-state index < -0.39 is 0 Å². The van der Waals surface area contributed by atoms with Crippen LogP contribution in [0.1, 0.15) is 5.56 Å². The average molecular weight is 495 g/mol. The van der Waals surface area contributed by atoms with E-state index in [0.717, 1.165) is 28.6 Å². The third-order valence-electron chi connectivity index (χ3n) is 4.11. The van der Waals surface area contributed by atoms with Crippen molar-refractivity contribution in [2.75, 3.05) is 25.5 Å². The van der Waals surface area contributed by atoms with Crippen molar-refractivity contribution in [3.63, 3.8) is 0 Å². The van der Waals surface area contributed by atoms with Crippen molar-refractivity contribution in [2.45, 2.75) is 6.42 Å². The minimum Gasteiger partial charge on any atom is -0.361 e. The summed E-state index contributed by atoms with van der Waals surface area (Å²) in [6.07, 6.45) is 2.62. The van der Waals surface area contributed by atoms with Crippen LogP contribution in [0, 0.1) is 5.82 Å². The van der Waals surface area contributed by atoms with E-state index >= 15 is 0 Å². The van der Waals surface area contributed by atoms with Gasteiger partial charge < -0.3 is 20.9 Å². The van der Waals surface area contributed by atoms with Crippen LogP contribution in [-0.2, 0) is 11.2 Å². The molecule has 3 aromatic rings. The minimum absolute atomic E-state index is 0. The van der Waals surface area contributed by atoms with Gasteiger partial charge in [-0.05, 0) is 42.3 Å². The van der Waals surface area contributed by atoms with Crippen LogP contribution in [0.4, 0.5) is 10.1 Å². The van der Waals surface area contributed by atoms with Crippen molar-refractivity contribution in [1.29, 1.82) is 0 Å². The molecule has 0 radical (unpaired) electrons. The number of aliphatic imine (C=N–C) groups is 1. The molecular formula is C20H23FIN5O. The summed E-state index contributed by atoms with van der Waals surface area (Å²) in [6, 6.07) is 14.0. The number of H-pyrrole nitrogens is 1. The van der Waals surface area contributed by atoms with Crippen LogP contribution in [0.3, 0.4) is 0 Å². The minimum atomic E-state index is -0.257. The number of halogens is 2. The first-order valence-electron chi connectivity index (χ1n) is 8.70. The summed E-state index contributed by atoms with van der Waals surface area (Å²) in [5.41, 5.74) is 2.63. The van der Waals surface area contributed by atoms with Crippen LogP contribution in [0.5, 0.6) is 0 Å². The second-order valence-electron chi connectivity index (χ2n) is 6.02. The smallest absolute Gasteiger partial charge is 0.243 e. The number of para-hydroxylation sites is 1. The summed E-state index contributed by atoms with van der Waals surface area (Å²) >= 11 is 0. The van der Waals surface area contributed by atoms with Crippen LogP contribution < -0.4 is 16.0 Å². The fourth-order valence-electron chi connectivity index (χ4n) is 2.79. The number of carbonyl (C=O) groups excluding carboxylic acids is 1. The average Bonchev–Trinajstić information content (AvgIpc) is 3.07. The Morgan fingerprint density at radius 2 is 1.93 bits per heavy atom. The van der Waals surface area contributed by atoms with Crippen molar-refractivity contribution in [1.82, 2.24) is 15.6 Å². The zero-order valence-electron chi connectivity index (χ0n) is 15.5. The van der Waals surface area contributed by atoms with Gasteiger partial charge in [-0.15, -0.1) is 24.0 Å². The summed E-state index contributed by atoms with van der Waals surface area (Å²) in [5.74, 6) is 0.138. The van der Waals surface area contributed by atoms with E-state index in [-0.39, 0.29) is 42.2 Å². The Hall–Kier alpha value is -2.62. The predicted octanol–water partition coefficient (Wildman–Crippen LogP) is 3.27. The molecule has 0 aliphatic carbocycles. The summed E-state index contributed by atoms with van der Waals surface area (Å²) in [7, 11) is 1.65. The Bertz CT molecular complexity index is 942. The highest BCUT2D eigenvalue weighted by Crippen LogP contribution is 2.19. The number of carbonyl (C=O) groups is 1. The van der Waals surface area contributed by atoms with E-state index in [1.165, 1.54) is 12.1 Å². The maximum absolute atomic E-state index is 13.2. The van der Waals surface area contributed by atoms with Gasteiger partial charge in [-0.25, -0.2) is 4.39 Å². The Labute approximate surface area is 180 Å². The van der Waals surface area contributed by atoms with Gasteiger partial charge in [0.2, 0.25) is 5.91 Å². The van der Waals surface area contributed by atoms with Crippen LogP contribution in [0.15, 0.2) is 59.7 Å². The number of benzene rings is 2. The zero-order valence-corrected chi connectivity index (χ0v) is 17.8. The van der Waals surface area contributed by atoms with E-state index in [1.807, 2.05) is 36.5 Å². The van der Waals surface area contributed by atoms with Gasteiger partial charge in [-0.3, -0.25) is 9.79 Å². The largest absolute Gasteiger partial charge is 0.361 e. The molecule has 148 valence electrons. The number of hydrogen-bond acceptors (Lipinski definition) is 2. The van der Waals surface area contributed by atoms with Crippen LogP contribution in [0.25, 0.3) is 10.9 Å². The Kier molecular flexibility index (Phi) is 8.24. The van der Waals surface area contributed by atoms with Crippen LogP contribution in [-0.4, -0.2) is 37.0 Å². The van der Waals surface area contributed by atoms with Gasteiger partial charge in [0.25, 0.3) is 0 Å². The lowest BCUT2D eigenvalue weighted by atomic mass is 10.1. The molecule has 0 atom stereocenters. The highest BCUT2D eigenvalue weighted by molar-refractivity contribution is 14.0. The lowest BCUT2D eigenvalue weighted by molar-refractivity contribution is -0.115. The number of aromatic amines is 1. The number of amides is 1. The third-order valence-corrected chi connectivity index (χ3v) is 4.11. The number of rotatable bonds is 6. The normalized spacial score (nSPS) is 11.0. The summed E-state index contributed by atoms with van der Waals surface area (Å²) in [5, 5.41) is 9.97. The first kappa shape index (κ1) is 21.7. The molecule has 0 saturated carbocycles. The van der Waals surface area contributed by atoms with Crippen molar-refractivity contribution < 1.29 is 9.18 Å². The first-order valence-corrected chi connectivity index (χ1v) is 8.70. The van der Waals surface area contributed by atoms with Gasteiger partial charge in [-0.1, -0.05) is 18.2 Å². The quantitative estimate of drug-likeness (QED) is 0.241. The SMILES string of the molecule is CN=C(NCCc1c[nH]c2cc(F)ccc12)NCC(=O)Nc1ccccc1.I. The van der Waals surface area contributed by atoms with Gasteiger partial charge in [-0.2, -0.15) is 0 Å². The second-order valence-corrected chi connectivity index (χ2v) is 6.02. The molecule has 0 bridgehead atoms. The van der Waals surface area contributed by atoms with E-state index in [2.05, 4.69) is 25.9 Å². The van der Waals surface area contributed by atoms with E-state index in [1.54, 1.807) is 13.1 Å². The highest BCUT2D eigenvalue weighted by atomic mass is 127. The van der Waals surface area contributed by atoms with Gasteiger partial charge in [0.15, 0.2) is 5.96 Å². The number of fused-ring (bicyclic) bond motifs is 1. The zero-order chi connectivity index (χ0) is 19.1. The molecule has 0 spiro atoms. The van der Waals surface area contributed by atoms with Crippen LogP contribution >= 0.6 is 24.0 Å². The molecule has 28 heavy (non-hydrogen) atoms. The number of nitrogens with zero attached hydrogens (tertiary/aromatic N) is 1. The van der Waals surface area contributed by atoms with E-state index in [9.17, 15) is 9.18 Å². The lowest BCUT2D eigenvalue weighted by Crippen LogP contribution is -2.42. The Morgan fingerprint density at radius 3 is 2.68 bits per heavy atom. The number of hydrogen-bond donors (Lipinski definition) is 4. The van der Waals surface area contributed by atoms with Crippen molar-refractivity contribution in [3.8, 4) is 0 Å². The summed E-state index contributed by atoms with van der Waals surface area (Å²) in [4.78, 5) is 19.2. The second kappa shape index (κ2) is 10.6. The van der Waals surface area contributed by atoms with Crippen molar-refractivity contribution in [2.24, 2.45) is 4.99 Å². The number of aromatic nitrogens is 1. The topological polar surface area (TPSA) is 81.3 Å². The van der Waals surface area contributed by atoms with E-state index in [0.29, 0.717) is 12.5 Å². The fourth-order valence-corrected chi connectivity index (χ4v) is 2.79. The molecule has 0 aliphatic heterocycles. The number of guanidine groups is 1. The Morgan fingerprint density at radius 1 is 1.14 bits per heavy atom. The maximum atomic E-state index is 13.2. The van der Waals surface area contributed by atoms with Gasteiger partial charge >= 0.3 is 0 Å². The van der Waals surface area contributed by atoms with Crippen molar-refractivity contribution >= 4 is 52.4 Å². The summed E-state index contributed by atoms with van der Waals surface area (Å²) < 4.78 is 13.2. The molecule has 4 N–H and O–H groups in total. The van der Waals surface area contributed by atoms with Gasteiger partial charge in [0.1, 0.15) is 5.82 Å². The standard InChI is InChI=1S/C20H22FN5O.HI/c1-22-20(25-13-19(27)26-16-5-3-2-4-6-16)23-10-9-14-12-24-18-11-15(21)7-8-17(14)18;/h2-8,11-12,24H,9-10,13H2,1H3,(H,26,27)(H2,22,23,25);1H. The summed E-state index contributed by atoms with van der Waals surface area (Å²) in [6.45, 7) is 0.741. The predicted molar refractivity (Wildman–Crippen MR) is 122 cm³/mol. The van der Waals surface area contributed by atoms with E-state index in [4.69, 9.17) is 0 Å². The molecule has 1 aromatic heterocycles.